The quantitative estimate of drug-likeness (QED) is 0.848. The molecule has 4 heteroatoms. The van der Waals surface area contributed by atoms with Gasteiger partial charge in [0.05, 0.1) is 0 Å². The molecule has 1 fully saturated rings. The molecule has 0 saturated carbocycles. The SMILES string of the molecule is CCCC(=O)N1CCC(Oc2cccc(N)c2)CC1. The topological polar surface area (TPSA) is 55.6 Å². The smallest absolute Gasteiger partial charge is 0.222 e. The van der Waals surface area contributed by atoms with Gasteiger partial charge in [-0.15, -0.1) is 0 Å². The zero-order valence-corrected chi connectivity index (χ0v) is 11.5. The summed E-state index contributed by atoms with van der Waals surface area (Å²) >= 11 is 0. The fourth-order valence-corrected chi connectivity index (χ4v) is 2.38. The van der Waals surface area contributed by atoms with Crippen molar-refractivity contribution in [3.05, 3.63) is 24.3 Å². The Labute approximate surface area is 114 Å². The van der Waals surface area contributed by atoms with Crippen LogP contribution in [0.25, 0.3) is 0 Å². The molecule has 2 N–H and O–H groups in total. The second-order valence-electron chi connectivity index (χ2n) is 5.02. The van der Waals surface area contributed by atoms with Gasteiger partial charge in [-0.3, -0.25) is 4.79 Å². The van der Waals surface area contributed by atoms with Crippen molar-refractivity contribution in [2.75, 3.05) is 18.8 Å². The summed E-state index contributed by atoms with van der Waals surface area (Å²) in [6.45, 7) is 3.63. The van der Waals surface area contributed by atoms with Crippen LogP contribution < -0.4 is 10.5 Å². The first-order chi connectivity index (χ1) is 9.19. The normalized spacial score (nSPS) is 16.4. The molecule has 1 aromatic carbocycles. The number of nitrogen functional groups attached to an aromatic ring is 1. The zero-order chi connectivity index (χ0) is 13.7. The van der Waals surface area contributed by atoms with Crippen molar-refractivity contribution in [2.45, 2.75) is 38.7 Å². The van der Waals surface area contributed by atoms with Gasteiger partial charge in [-0.1, -0.05) is 13.0 Å². The van der Waals surface area contributed by atoms with Gasteiger partial charge in [0, 0.05) is 44.1 Å². The first-order valence-corrected chi connectivity index (χ1v) is 6.99. The van der Waals surface area contributed by atoms with Gasteiger partial charge in [0.1, 0.15) is 11.9 Å². The number of likely N-dealkylation sites (tertiary alicyclic amines) is 1. The lowest BCUT2D eigenvalue weighted by molar-refractivity contribution is -0.133. The van der Waals surface area contributed by atoms with Gasteiger partial charge in [-0.05, 0) is 18.6 Å². The van der Waals surface area contributed by atoms with E-state index in [-0.39, 0.29) is 12.0 Å². The average molecular weight is 262 g/mol. The predicted molar refractivity (Wildman–Crippen MR) is 76.0 cm³/mol. The van der Waals surface area contributed by atoms with Crippen molar-refractivity contribution in [3.63, 3.8) is 0 Å². The molecule has 104 valence electrons. The lowest BCUT2D eigenvalue weighted by Gasteiger charge is -2.32. The van der Waals surface area contributed by atoms with Crippen LogP contribution in [0.1, 0.15) is 32.6 Å². The van der Waals surface area contributed by atoms with Gasteiger partial charge in [-0.25, -0.2) is 0 Å². The summed E-state index contributed by atoms with van der Waals surface area (Å²) < 4.78 is 5.91. The van der Waals surface area contributed by atoms with Crippen LogP contribution in [0, 0.1) is 0 Å². The van der Waals surface area contributed by atoms with Gasteiger partial charge < -0.3 is 15.4 Å². The molecule has 0 spiro atoms. The second-order valence-corrected chi connectivity index (χ2v) is 5.02. The molecule has 1 heterocycles. The average Bonchev–Trinajstić information content (AvgIpc) is 2.40. The zero-order valence-electron chi connectivity index (χ0n) is 11.5. The molecule has 1 aliphatic heterocycles. The first-order valence-electron chi connectivity index (χ1n) is 6.99. The molecule has 1 saturated heterocycles. The number of amides is 1. The van der Waals surface area contributed by atoms with E-state index in [2.05, 4.69) is 0 Å². The maximum absolute atomic E-state index is 11.8. The minimum atomic E-state index is 0.187. The highest BCUT2D eigenvalue weighted by atomic mass is 16.5. The van der Waals surface area contributed by atoms with Crippen molar-refractivity contribution < 1.29 is 9.53 Å². The van der Waals surface area contributed by atoms with Crippen LogP contribution in [0.4, 0.5) is 5.69 Å². The van der Waals surface area contributed by atoms with Crippen molar-refractivity contribution in [3.8, 4) is 5.75 Å². The minimum absolute atomic E-state index is 0.187. The number of piperidine rings is 1. The Balaban J connectivity index is 1.82. The number of anilines is 1. The molecular formula is C15H22N2O2. The number of nitrogens with two attached hydrogens (primary N) is 1. The molecule has 0 bridgehead atoms. The molecule has 19 heavy (non-hydrogen) atoms. The Morgan fingerprint density at radius 1 is 1.42 bits per heavy atom. The summed E-state index contributed by atoms with van der Waals surface area (Å²) in [4.78, 5) is 13.7. The number of nitrogens with zero attached hydrogens (tertiary/aromatic N) is 1. The molecule has 1 amide bonds. The summed E-state index contributed by atoms with van der Waals surface area (Å²) in [7, 11) is 0. The molecule has 0 aliphatic carbocycles. The summed E-state index contributed by atoms with van der Waals surface area (Å²) in [6, 6.07) is 7.50. The third-order valence-corrected chi connectivity index (χ3v) is 3.42. The Bertz CT molecular complexity index is 426. The van der Waals surface area contributed by atoms with E-state index in [0.29, 0.717) is 12.1 Å². The number of rotatable bonds is 4. The number of ether oxygens (including phenoxy) is 1. The number of hydrogen-bond donors (Lipinski definition) is 1. The van der Waals surface area contributed by atoms with Gasteiger partial charge in [0.25, 0.3) is 0 Å². The first kappa shape index (κ1) is 13.7. The van der Waals surface area contributed by atoms with Gasteiger partial charge in [-0.2, -0.15) is 0 Å². The Morgan fingerprint density at radius 3 is 2.79 bits per heavy atom. The van der Waals surface area contributed by atoms with Crippen LogP contribution in [-0.2, 0) is 4.79 Å². The van der Waals surface area contributed by atoms with Crippen LogP contribution in [0.2, 0.25) is 0 Å². The van der Waals surface area contributed by atoms with E-state index in [4.69, 9.17) is 10.5 Å². The maximum Gasteiger partial charge on any atom is 0.222 e. The van der Waals surface area contributed by atoms with Crippen molar-refractivity contribution in [1.82, 2.24) is 4.90 Å². The Morgan fingerprint density at radius 2 is 2.16 bits per heavy atom. The van der Waals surface area contributed by atoms with Crippen molar-refractivity contribution in [2.24, 2.45) is 0 Å². The largest absolute Gasteiger partial charge is 0.490 e. The highest BCUT2D eigenvalue weighted by Gasteiger charge is 2.23. The predicted octanol–water partition coefficient (Wildman–Crippen LogP) is 2.44. The second kappa shape index (κ2) is 6.45. The monoisotopic (exact) mass is 262 g/mol. The van der Waals surface area contributed by atoms with E-state index in [1.54, 1.807) is 0 Å². The number of carbonyl (C=O) groups is 1. The fraction of sp³-hybridized carbons (Fsp3) is 0.533. The highest BCUT2D eigenvalue weighted by Crippen LogP contribution is 2.21. The number of carbonyl (C=O) groups excluding carboxylic acids is 1. The maximum atomic E-state index is 11.8. The molecule has 1 aromatic rings. The van der Waals surface area contributed by atoms with E-state index in [9.17, 15) is 4.79 Å². The van der Waals surface area contributed by atoms with Crippen LogP contribution in [0.3, 0.4) is 0 Å². The van der Waals surface area contributed by atoms with Gasteiger partial charge >= 0.3 is 0 Å². The molecule has 0 aromatic heterocycles. The highest BCUT2D eigenvalue weighted by molar-refractivity contribution is 5.76. The standard InChI is InChI=1S/C15H22N2O2/c1-2-4-15(18)17-9-7-13(8-10-17)19-14-6-3-5-12(16)11-14/h3,5-6,11,13H,2,4,7-10,16H2,1H3. The summed E-state index contributed by atoms with van der Waals surface area (Å²) in [5, 5.41) is 0. The molecule has 0 radical (unpaired) electrons. The lowest BCUT2D eigenvalue weighted by Crippen LogP contribution is -2.41. The minimum Gasteiger partial charge on any atom is -0.490 e. The van der Waals surface area contributed by atoms with Gasteiger partial charge in [0.15, 0.2) is 0 Å². The van der Waals surface area contributed by atoms with Crippen LogP contribution >= 0.6 is 0 Å². The summed E-state index contributed by atoms with van der Waals surface area (Å²) in [6.07, 6.45) is 3.54. The number of hydrogen-bond acceptors (Lipinski definition) is 3. The lowest BCUT2D eigenvalue weighted by atomic mass is 10.1. The molecule has 2 rings (SSSR count). The third-order valence-electron chi connectivity index (χ3n) is 3.42. The van der Waals surface area contributed by atoms with Gasteiger partial charge in [0.2, 0.25) is 5.91 Å². The molecule has 0 atom stereocenters. The Kier molecular flexibility index (Phi) is 4.66. The Hall–Kier alpha value is -1.71. The fourth-order valence-electron chi connectivity index (χ4n) is 2.38. The summed E-state index contributed by atoms with van der Waals surface area (Å²) in [5.41, 5.74) is 6.44. The number of benzene rings is 1. The van der Waals surface area contributed by atoms with E-state index in [1.165, 1.54) is 0 Å². The molecule has 0 unspecified atom stereocenters. The van der Waals surface area contributed by atoms with Crippen LogP contribution in [0.5, 0.6) is 5.75 Å². The third kappa shape index (κ3) is 3.88. The van der Waals surface area contributed by atoms with E-state index in [0.717, 1.165) is 38.1 Å². The molecular weight excluding hydrogens is 240 g/mol. The van der Waals surface area contributed by atoms with E-state index in [1.807, 2.05) is 36.1 Å². The van der Waals surface area contributed by atoms with Crippen molar-refractivity contribution >= 4 is 11.6 Å². The van der Waals surface area contributed by atoms with Crippen LogP contribution in [-0.4, -0.2) is 30.0 Å². The van der Waals surface area contributed by atoms with E-state index >= 15 is 0 Å². The van der Waals surface area contributed by atoms with Crippen LogP contribution in [0.15, 0.2) is 24.3 Å². The summed E-state index contributed by atoms with van der Waals surface area (Å²) in [5.74, 6) is 1.09. The van der Waals surface area contributed by atoms with E-state index < -0.39 is 0 Å². The van der Waals surface area contributed by atoms with Crippen molar-refractivity contribution in [1.29, 1.82) is 0 Å². The molecule has 1 aliphatic rings. The molecule has 4 nitrogen and oxygen atoms in total.